The van der Waals surface area contributed by atoms with Gasteiger partial charge in [0.2, 0.25) is 11.2 Å². The fourth-order valence-electron chi connectivity index (χ4n) is 2.83. The van der Waals surface area contributed by atoms with Gasteiger partial charge in [-0.15, -0.1) is 0 Å². The summed E-state index contributed by atoms with van der Waals surface area (Å²) in [7, 11) is 0. The van der Waals surface area contributed by atoms with Crippen LogP contribution in [0.3, 0.4) is 0 Å². The normalized spacial score (nSPS) is 10.8. The van der Waals surface area contributed by atoms with Crippen LogP contribution in [0.15, 0.2) is 70.4 Å². The summed E-state index contributed by atoms with van der Waals surface area (Å²) in [5.41, 5.74) is -0.385. The van der Waals surface area contributed by atoms with Crippen LogP contribution in [0.2, 0.25) is 0 Å². The average molecular weight is 360 g/mol. The summed E-state index contributed by atoms with van der Waals surface area (Å²) in [6.45, 7) is 0. The second kappa shape index (κ2) is 6.38. The third-order valence-corrected chi connectivity index (χ3v) is 4.03. The van der Waals surface area contributed by atoms with Gasteiger partial charge in [0.05, 0.1) is 0 Å². The van der Waals surface area contributed by atoms with E-state index in [1.807, 2.05) is 0 Å². The Labute approximate surface area is 152 Å². The lowest BCUT2D eigenvalue weighted by Crippen LogP contribution is -2.18. The van der Waals surface area contributed by atoms with Gasteiger partial charge < -0.3 is 14.6 Å². The second-order valence-electron chi connectivity index (χ2n) is 5.79. The zero-order valence-corrected chi connectivity index (χ0v) is 13.8. The summed E-state index contributed by atoms with van der Waals surface area (Å²) in [5.74, 6) is -1.34. The molecule has 0 aliphatic rings. The number of hydrogen-bond donors (Lipinski definition) is 2. The topological polar surface area (TPSA) is 114 Å². The molecule has 3 heterocycles. The third-order valence-electron chi connectivity index (χ3n) is 4.03. The van der Waals surface area contributed by atoms with E-state index < -0.39 is 17.0 Å². The van der Waals surface area contributed by atoms with Gasteiger partial charge in [-0.1, -0.05) is 0 Å². The van der Waals surface area contributed by atoms with Crippen molar-refractivity contribution in [2.24, 2.45) is 0 Å². The zero-order valence-electron chi connectivity index (χ0n) is 13.8. The number of rotatable bonds is 3. The summed E-state index contributed by atoms with van der Waals surface area (Å²) in [6, 6.07) is 8.60. The Kier molecular flexibility index (Phi) is 3.89. The molecule has 4 aromatic rings. The highest BCUT2D eigenvalue weighted by Gasteiger charge is 2.25. The van der Waals surface area contributed by atoms with Crippen molar-refractivity contribution in [3.63, 3.8) is 0 Å². The molecule has 0 atom stereocenters. The van der Waals surface area contributed by atoms with Gasteiger partial charge in [-0.25, -0.2) is 0 Å². The van der Waals surface area contributed by atoms with Crippen molar-refractivity contribution in [1.82, 2.24) is 9.97 Å². The molecule has 0 amide bonds. The van der Waals surface area contributed by atoms with Gasteiger partial charge in [0.15, 0.2) is 5.76 Å². The van der Waals surface area contributed by atoms with Crippen molar-refractivity contribution in [1.29, 1.82) is 0 Å². The van der Waals surface area contributed by atoms with E-state index in [-0.39, 0.29) is 33.6 Å². The van der Waals surface area contributed by atoms with Crippen LogP contribution < -0.4 is 5.43 Å². The molecular weight excluding hydrogens is 348 g/mol. The molecule has 0 bridgehead atoms. The van der Waals surface area contributed by atoms with Crippen molar-refractivity contribution in [2.75, 3.05) is 0 Å². The first-order valence-electron chi connectivity index (χ1n) is 7.94. The number of benzene rings is 1. The Hall–Kier alpha value is -4.00. The van der Waals surface area contributed by atoms with E-state index >= 15 is 0 Å². The number of aromatic nitrogens is 2. The van der Waals surface area contributed by atoms with E-state index in [9.17, 15) is 19.8 Å². The highest BCUT2D eigenvalue weighted by atomic mass is 16.3. The molecule has 0 spiro atoms. The molecule has 0 fully saturated rings. The van der Waals surface area contributed by atoms with Gasteiger partial charge in [-0.3, -0.25) is 19.6 Å². The molecule has 1 aromatic carbocycles. The molecule has 0 unspecified atom stereocenters. The van der Waals surface area contributed by atoms with Crippen LogP contribution in [0.5, 0.6) is 11.5 Å². The Morgan fingerprint density at radius 1 is 1.00 bits per heavy atom. The van der Waals surface area contributed by atoms with Gasteiger partial charge in [0.1, 0.15) is 28.0 Å². The van der Waals surface area contributed by atoms with E-state index in [0.717, 1.165) is 6.07 Å². The lowest BCUT2D eigenvalue weighted by atomic mass is 9.98. The molecule has 132 valence electrons. The van der Waals surface area contributed by atoms with Crippen molar-refractivity contribution >= 4 is 16.8 Å². The number of hydrogen-bond acceptors (Lipinski definition) is 7. The van der Waals surface area contributed by atoms with Crippen LogP contribution in [0.1, 0.15) is 15.9 Å². The quantitative estimate of drug-likeness (QED) is 0.540. The largest absolute Gasteiger partial charge is 0.508 e. The molecule has 0 saturated carbocycles. The molecule has 0 saturated heterocycles. The molecule has 4 rings (SSSR count). The van der Waals surface area contributed by atoms with Gasteiger partial charge in [-0.05, 0) is 24.3 Å². The van der Waals surface area contributed by atoms with Crippen LogP contribution in [-0.2, 0) is 0 Å². The summed E-state index contributed by atoms with van der Waals surface area (Å²) in [4.78, 5) is 34.0. The van der Waals surface area contributed by atoms with Crippen LogP contribution in [0.4, 0.5) is 0 Å². The van der Waals surface area contributed by atoms with Crippen LogP contribution in [-0.4, -0.2) is 26.0 Å². The van der Waals surface area contributed by atoms with Crippen LogP contribution in [0, 0.1) is 0 Å². The molecule has 3 aromatic heterocycles. The average Bonchev–Trinajstić information content (AvgIpc) is 2.68. The summed E-state index contributed by atoms with van der Waals surface area (Å²) in [6.07, 6.45) is 5.85. The minimum Gasteiger partial charge on any atom is -0.508 e. The number of fused-ring (bicyclic) bond motifs is 1. The monoisotopic (exact) mass is 360 g/mol. The van der Waals surface area contributed by atoms with Crippen LogP contribution >= 0.6 is 0 Å². The Morgan fingerprint density at radius 2 is 1.74 bits per heavy atom. The molecule has 27 heavy (non-hydrogen) atoms. The maximum Gasteiger partial charge on any atom is 0.208 e. The van der Waals surface area contributed by atoms with Crippen molar-refractivity contribution in [3.8, 4) is 22.8 Å². The van der Waals surface area contributed by atoms with Crippen molar-refractivity contribution in [2.45, 2.75) is 0 Å². The maximum absolute atomic E-state index is 13.1. The minimum absolute atomic E-state index is 0.000506. The predicted octanol–water partition coefficient (Wildman–Crippen LogP) is 2.89. The van der Waals surface area contributed by atoms with Gasteiger partial charge in [0, 0.05) is 48.0 Å². The van der Waals surface area contributed by atoms with Gasteiger partial charge >= 0.3 is 0 Å². The molecular formula is C20H12N2O5. The number of ketones is 1. The molecule has 2 N–H and O–H groups in total. The lowest BCUT2D eigenvalue weighted by molar-refractivity contribution is 0.103. The number of pyridine rings is 2. The fraction of sp³-hybridized carbons (Fsp3) is 0. The second-order valence-corrected chi connectivity index (χ2v) is 5.79. The van der Waals surface area contributed by atoms with E-state index in [0.29, 0.717) is 5.56 Å². The molecule has 7 heteroatoms. The van der Waals surface area contributed by atoms with E-state index in [4.69, 9.17) is 4.42 Å². The summed E-state index contributed by atoms with van der Waals surface area (Å²) < 4.78 is 5.76. The number of carbonyl (C=O) groups is 1. The number of nitrogens with zero attached hydrogens (tertiary/aromatic N) is 2. The summed E-state index contributed by atoms with van der Waals surface area (Å²) in [5, 5.41) is 19.6. The SMILES string of the molecule is O=C(c1cccnc1)c1c(-c2cccnc2)oc2cc(O)cc(O)c2c1=O. The number of carbonyl (C=O) groups excluding carboxylic acids is 1. The standard InChI is InChI=1S/C20H12N2O5/c23-13-7-14(24)16-15(8-13)27-20(12-4-2-6-22-10-12)17(19(16)26)18(25)11-3-1-5-21-9-11/h1-10,23-24H. The van der Waals surface area contributed by atoms with Crippen molar-refractivity contribution < 1.29 is 19.4 Å². The Bertz CT molecular complexity index is 1220. The smallest absolute Gasteiger partial charge is 0.208 e. The van der Waals surface area contributed by atoms with Crippen LogP contribution in [0.25, 0.3) is 22.3 Å². The third kappa shape index (κ3) is 2.81. The van der Waals surface area contributed by atoms with E-state index in [2.05, 4.69) is 9.97 Å². The minimum atomic E-state index is -0.707. The maximum atomic E-state index is 13.1. The lowest BCUT2D eigenvalue weighted by Gasteiger charge is -2.10. The Balaban J connectivity index is 2.11. The number of phenols is 2. The fourth-order valence-corrected chi connectivity index (χ4v) is 2.83. The van der Waals surface area contributed by atoms with Gasteiger partial charge in [0.25, 0.3) is 0 Å². The van der Waals surface area contributed by atoms with E-state index in [1.165, 1.54) is 30.7 Å². The highest BCUT2D eigenvalue weighted by molar-refractivity contribution is 6.13. The van der Waals surface area contributed by atoms with E-state index in [1.54, 1.807) is 24.4 Å². The predicted molar refractivity (Wildman–Crippen MR) is 96.7 cm³/mol. The molecule has 0 aliphatic heterocycles. The first kappa shape index (κ1) is 16.5. The summed E-state index contributed by atoms with van der Waals surface area (Å²) >= 11 is 0. The molecule has 7 nitrogen and oxygen atoms in total. The number of phenolic OH excluding ortho intramolecular Hbond substituents is 2. The first-order valence-corrected chi connectivity index (χ1v) is 7.94. The highest BCUT2D eigenvalue weighted by Crippen LogP contribution is 2.33. The van der Waals surface area contributed by atoms with Crippen molar-refractivity contribution in [3.05, 3.63) is 82.5 Å². The van der Waals surface area contributed by atoms with Gasteiger partial charge in [-0.2, -0.15) is 0 Å². The first-order chi connectivity index (χ1) is 13.1. The zero-order chi connectivity index (χ0) is 19.0. The molecule has 0 radical (unpaired) electrons. The number of aromatic hydroxyl groups is 2. The molecule has 0 aliphatic carbocycles. The Morgan fingerprint density at radius 3 is 2.41 bits per heavy atom.